The number of hydrogen-bond acceptors (Lipinski definition) is 5. The SMILES string of the molecule is CCNCC1CCN(C(=O)c2ccccc2-n2cnnn2)CC1.Cl. The molecule has 1 amide bonds. The van der Waals surface area contributed by atoms with Crippen molar-refractivity contribution in [1.29, 1.82) is 0 Å². The van der Waals surface area contributed by atoms with Crippen LogP contribution in [0.4, 0.5) is 0 Å². The zero-order valence-electron chi connectivity index (χ0n) is 13.8. The molecule has 0 radical (unpaired) electrons. The van der Waals surface area contributed by atoms with Crippen LogP contribution < -0.4 is 5.32 Å². The molecule has 0 bridgehead atoms. The number of carbonyl (C=O) groups excluding carboxylic acids is 1. The Morgan fingerprint density at radius 1 is 1.29 bits per heavy atom. The van der Waals surface area contributed by atoms with E-state index in [0.717, 1.165) is 44.7 Å². The summed E-state index contributed by atoms with van der Waals surface area (Å²) in [4.78, 5) is 14.8. The lowest BCUT2D eigenvalue weighted by Gasteiger charge is -2.32. The Balaban J connectivity index is 0.00000208. The van der Waals surface area contributed by atoms with Gasteiger partial charge in [-0.1, -0.05) is 19.1 Å². The molecule has 1 aromatic carbocycles. The Bertz CT molecular complexity index is 640. The van der Waals surface area contributed by atoms with E-state index in [1.807, 2.05) is 29.2 Å². The summed E-state index contributed by atoms with van der Waals surface area (Å²) in [5, 5.41) is 14.6. The molecule has 1 aliphatic rings. The molecule has 7 nitrogen and oxygen atoms in total. The van der Waals surface area contributed by atoms with Gasteiger partial charge in [-0.2, -0.15) is 4.68 Å². The van der Waals surface area contributed by atoms with Gasteiger partial charge in [0.15, 0.2) is 0 Å². The minimum atomic E-state index is 0. The molecule has 130 valence electrons. The predicted octanol–water partition coefficient (Wildman–Crippen LogP) is 1.55. The van der Waals surface area contributed by atoms with Gasteiger partial charge in [-0.25, -0.2) is 0 Å². The molecule has 3 rings (SSSR count). The van der Waals surface area contributed by atoms with Crippen molar-refractivity contribution in [3.05, 3.63) is 36.2 Å². The first-order valence-corrected chi connectivity index (χ1v) is 8.12. The number of tetrazole rings is 1. The average Bonchev–Trinajstić information content (AvgIpc) is 3.14. The first kappa shape index (κ1) is 18.4. The smallest absolute Gasteiger partial charge is 0.256 e. The average molecular weight is 351 g/mol. The number of benzene rings is 1. The van der Waals surface area contributed by atoms with Crippen LogP contribution in [0.2, 0.25) is 0 Å². The zero-order chi connectivity index (χ0) is 16.1. The van der Waals surface area contributed by atoms with Crippen LogP contribution in [-0.4, -0.2) is 57.2 Å². The number of amides is 1. The molecule has 2 heterocycles. The number of halogens is 1. The van der Waals surface area contributed by atoms with E-state index >= 15 is 0 Å². The maximum absolute atomic E-state index is 12.9. The molecular weight excluding hydrogens is 328 g/mol. The standard InChI is InChI=1S/C16H22N6O.ClH/c1-2-17-11-13-7-9-21(10-8-13)16(23)14-5-3-4-6-15(14)22-12-18-19-20-22;/h3-6,12-13,17H,2,7-11H2,1H3;1H. The molecular formula is C16H23ClN6O. The van der Waals surface area contributed by atoms with Gasteiger partial charge in [0.1, 0.15) is 6.33 Å². The van der Waals surface area contributed by atoms with Gasteiger partial charge in [-0.05, 0) is 54.4 Å². The lowest BCUT2D eigenvalue weighted by atomic mass is 9.96. The van der Waals surface area contributed by atoms with E-state index in [2.05, 4.69) is 27.8 Å². The van der Waals surface area contributed by atoms with Crippen LogP contribution in [0.25, 0.3) is 5.69 Å². The number of likely N-dealkylation sites (tertiary alicyclic amines) is 1. The van der Waals surface area contributed by atoms with E-state index in [0.29, 0.717) is 11.5 Å². The van der Waals surface area contributed by atoms with Gasteiger partial charge in [-0.3, -0.25) is 4.79 Å². The van der Waals surface area contributed by atoms with E-state index in [4.69, 9.17) is 0 Å². The summed E-state index contributed by atoms with van der Waals surface area (Å²) in [7, 11) is 0. The fraction of sp³-hybridized carbons (Fsp3) is 0.500. The second-order valence-electron chi connectivity index (χ2n) is 5.81. The van der Waals surface area contributed by atoms with Crippen molar-refractivity contribution in [1.82, 2.24) is 30.4 Å². The first-order valence-electron chi connectivity index (χ1n) is 8.12. The van der Waals surface area contributed by atoms with Crippen molar-refractivity contribution < 1.29 is 4.79 Å². The predicted molar refractivity (Wildman–Crippen MR) is 93.6 cm³/mol. The third kappa shape index (κ3) is 4.10. The van der Waals surface area contributed by atoms with Crippen LogP contribution in [0.1, 0.15) is 30.1 Å². The van der Waals surface area contributed by atoms with Gasteiger partial charge in [-0.15, -0.1) is 17.5 Å². The van der Waals surface area contributed by atoms with Crippen molar-refractivity contribution >= 4 is 18.3 Å². The number of hydrogen-bond donors (Lipinski definition) is 1. The van der Waals surface area contributed by atoms with Gasteiger partial charge >= 0.3 is 0 Å². The van der Waals surface area contributed by atoms with Gasteiger partial charge in [0.2, 0.25) is 0 Å². The number of rotatable bonds is 5. The normalized spacial score (nSPS) is 15.1. The van der Waals surface area contributed by atoms with E-state index in [-0.39, 0.29) is 18.3 Å². The van der Waals surface area contributed by atoms with Crippen LogP contribution in [0, 0.1) is 5.92 Å². The molecule has 1 aromatic heterocycles. The summed E-state index contributed by atoms with van der Waals surface area (Å²) in [6.07, 6.45) is 3.60. The number of nitrogens with zero attached hydrogens (tertiary/aromatic N) is 5. The second kappa shape index (κ2) is 8.75. The molecule has 0 unspecified atom stereocenters. The van der Waals surface area contributed by atoms with Crippen molar-refractivity contribution in [2.24, 2.45) is 5.92 Å². The second-order valence-corrected chi connectivity index (χ2v) is 5.81. The summed E-state index contributed by atoms with van der Waals surface area (Å²) in [5.41, 5.74) is 1.36. The molecule has 24 heavy (non-hydrogen) atoms. The Morgan fingerprint density at radius 3 is 2.71 bits per heavy atom. The Morgan fingerprint density at radius 2 is 2.04 bits per heavy atom. The Labute approximate surface area is 147 Å². The largest absolute Gasteiger partial charge is 0.339 e. The zero-order valence-corrected chi connectivity index (χ0v) is 14.6. The highest BCUT2D eigenvalue weighted by Crippen LogP contribution is 2.21. The maximum atomic E-state index is 12.9. The van der Waals surface area contributed by atoms with Gasteiger partial charge < -0.3 is 10.2 Å². The molecule has 1 aliphatic heterocycles. The van der Waals surface area contributed by atoms with Crippen LogP contribution in [-0.2, 0) is 0 Å². The van der Waals surface area contributed by atoms with E-state index in [1.54, 1.807) is 0 Å². The van der Waals surface area contributed by atoms with E-state index < -0.39 is 0 Å². The molecule has 0 aliphatic carbocycles. The van der Waals surface area contributed by atoms with E-state index in [9.17, 15) is 4.79 Å². The lowest BCUT2D eigenvalue weighted by molar-refractivity contribution is 0.0690. The van der Waals surface area contributed by atoms with Gasteiger partial charge in [0.25, 0.3) is 5.91 Å². The molecule has 8 heteroatoms. The summed E-state index contributed by atoms with van der Waals surface area (Å²) in [6.45, 7) is 5.77. The Kier molecular flexibility index (Phi) is 6.69. The van der Waals surface area contributed by atoms with Crippen molar-refractivity contribution in [2.45, 2.75) is 19.8 Å². The molecule has 2 aromatic rings. The van der Waals surface area contributed by atoms with Gasteiger partial charge in [0.05, 0.1) is 11.3 Å². The van der Waals surface area contributed by atoms with Crippen LogP contribution in [0.15, 0.2) is 30.6 Å². The number of aromatic nitrogens is 4. The minimum absolute atomic E-state index is 0. The molecule has 1 N–H and O–H groups in total. The van der Waals surface area contributed by atoms with Crippen LogP contribution in [0.5, 0.6) is 0 Å². The third-order valence-electron chi connectivity index (χ3n) is 4.32. The topological polar surface area (TPSA) is 75.9 Å². The molecule has 1 saturated heterocycles. The fourth-order valence-corrected chi connectivity index (χ4v) is 2.98. The first-order chi connectivity index (χ1) is 11.3. The number of carbonyl (C=O) groups is 1. The number of para-hydroxylation sites is 1. The highest BCUT2D eigenvalue weighted by Gasteiger charge is 2.25. The third-order valence-corrected chi connectivity index (χ3v) is 4.32. The van der Waals surface area contributed by atoms with Crippen molar-refractivity contribution in [2.75, 3.05) is 26.2 Å². The minimum Gasteiger partial charge on any atom is -0.339 e. The maximum Gasteiger partial charge on any atom is 0.256 e. The van der Waals surface area contributed by atoms with E-state index in [1.165, 1.54) is 11.0 Å². The van der Waals surface area contributed by atoms with Crippen molar-refractivity contribution in [3.8, 4) is 5.69 Å². The van der Waals surface area contributed by atoms with Gasteiger partial charge in [0, 0.05) is 13.1 Å². The Hall–Kier alpha value is -1.99. The molecule has 0 saturated carbocycles. The summed E-state index contributed by atoms with van der Waals surface area (Å²) >= 11 is 0. The number of nitrogens with one attached hydrogen (secondary N) is 1. The molecule has 1 fully saturated rings. The molecule has 0 spiro atoms. The molecule has 0 atom stereocenters. The highest BCUT2D eigenvalue weighted by molar-refractivity contribution is 5.97. The summed E-state index contributed by atoms with van der Waals surface area (Å²) in [6, 6.07) is 7.46. The fourth-order valence-electron chi connectivity index (χ4n) is 2.98. The lowest BCUT2D eigenvalue weighted by Crippen LogP contribution is -2.41. The number of piperidine rings is 1. The van der Waals surface area contributed by atoms with Crippen LogP contribution in [0.3, 0.4) is 0 Å². The summed E-state index contributed by atoms with van der Waals surface area (Å²) < 4.78 is 1.53. The van der Waals surface area contributed by atoms with Crippen LogP contribution >= 0.6 is 12.4 Å². The quantitative estimate of drug-likeness (QED) is 0.885. The monoisotopic (exact) mass is 350 g/mol. The highest BCUT2D eigenvalue weighted by atomic mass is 35.5. The summed E-state index contributed by atoms with van der Waals surface area (Å²) in [5.74, 6) is 0.715. The van der Waals surface area contributed by atoms with Crippen molar-refractivity contribution in [3.63, 3.8) is 0 Å².